The molecule has 1 N–H and O–H groups in total. The predicted molar refractivity (Wildman–Crippen MR) is 81.2 cm³/mol. The van der Waals surface area contributed by atoms with Gasteiger partial charge in [0.1, 0.15) is 11.6 Å². The van der Waals surface area contributed by atoms with Crippen LogP contribution in [0.3, 0.4) is 0 Å². The fourth-order valence-corrected chi connectivity index (χ4v) is 2.16. The minimum absolute atomic E-state index is 0.570. The molecule has 5 heteroatoms. The van der Waals surface area contributed by atoms with Gasteiger partial charge in [-0.15, -0.1) is 0 Å². The minimum atomic E-state index is 0.570. The van der Waals surface area contributed by atoms with E-state index in [1.54, 1.807) is 6.07 Å². The van der Waals surface area contributed by atoms with Crippen molar-refractivity contribution < 1.29 is 0 Å². The van der Waals surface area contributed by atoms with Crippen LogP contribution in [0.1, 0.15) is 33.1 Å². The number of aromatic nitrogens is 1. The Bertz CT molecular complexity index is 383. The number of nitrogens with zero attached hydrogens (tertiary/aromatic N) is 2. The van der Waals surface area contributed by atoms with Gasteiger partial charge in [0.05, 0.1) is 10.0 Å². The Balaban J connectivity index is 2.89. The topological polar surface area (TPSA) is 28.2 Å². The number of nitrogens with one attached hydrogen (secondary N) is 1. The molecule has 0 fully saturated rings. The Hall–Kier alpha value is -0.670. The molecule has 0 aliphatic rings. The van der Waals surface area contributed by atoms with Crippen LogP contribution in [0, 0.1) is 0 Å². The maximum Gasteiger partial charge on any atom is 0.149 e. The Morgan fingerprint density at radius 2 is 1.94 bits per heavy atom. The van der Waals surface area contributed by atoms with Crippen LogP contribution in [-0.4, -0.2) is 25.1 Å². The molecule has 3 nitrogen and oxygen atoms in total. The van der Waals surface area contributed by atoms with Crippen molar-refractivity contribution in [1.29, 1.82) is 0 Å². The molecule has 0 aliphatic carbocycles. The van der Waals surface area contributed by atoms with E-state index in [1.165, 1.54) is 0 Å². The molecule has 1 rings (SSSR count). The molecule has 0 aliphatic heterocycles. The highest BCUT2D eigenvalue weighted by molar-refractivity contribution is 6.37. The van der Waals surface area contributed by atoms with Gasteiger partial charge in [-0.1, -0.05) is 43.5 Å². The summed E-state index contributed by atoms with van der Waals surface area (Å²) in [6.07, 6.45) is 3.30. The first-order chi connectivity index (χ1) is 8.60. The lowest BCUT2D eigenvalue weighted by Gasteiger charge is -2.20. The molecule has 18 heavy (non-hydrogen) atoms. The van der Waals surface area contributed by atoms with Gasteiger partial charge in [0.2, 0.25) is 0 Å². The maximum absolute atomic E-state index is 6.19. The van der Waals surface area contributed by atoms with Gasteiger partial charge in [-0.05, 0) is 18.9 Å². The van der Waals surface area contributed by atoms with Crippen LogP contribution in [-0.2, 0) is 0 Å². The summed E-state index contributed by atoms with van der Waals surface area (Å²) < 4.78 is 0. The van der Waals surface area contributed by atoms with Crippen molar-refractivity contribution in [3.8, 4) is 0 Å². The van der Waals surface area contributed by atoms with Crippen molar-refractivity contribution in [1.82, 2.24) is 4.98 Å². The van der Waals surface area contributed by atoms with Gasteiger partial charge in [0.15, 0.2) is 0 Å². The molecule has 0 radical (unpaired) electrons. The number of halogens is 2. The molecule has 0 aromatic carbocycles. The number of hydrogen-bond acceptors (Lipinski definition) is 3. The van der Waals surface area contributed by atoms with Crippen LogP contribution >= 0.6 is 23.2 Å². The van der Waals surface area contributed by atoms with Crippen LogP contribution in [0.25, 0.3) is 0 Å². The fourth-order valence-electron chi connectivity index (χ4n) is 1.59. The third-order valence-electron chi connectivity index (χ3n) is 2.66. The number of hydrogen-bond donors (Lipinski definition) is 1. The Kier molecular flexibility index (Phi) is 6.58. The average Bonchev–Trinajstić information content (AvgIpc) is 2.35. The molecule has 1 heterocycles. The third kappa shape index (κ3) is 4.21. The molecule has 102 valence electrons. The standard InChI is InChI=1S/C13H21Cl2N3/c1-4-6-8-18(3)13-11(15)9-10(14)12(17-13)16-7-5-2/h9H,4-8H2,1-3H3,(H,16,17). The quantitative estimate of drug-likeness (QED) is 0.804. The van der Waals surface area contributed by atoms with E-state index in [9.17, 15) is 0 Å². The zero-order chi connectivity index (χ0) is 13.5. The lowest BCUT2D eigenvalue weighted by atomic mass is 10.3. The monoisotopic (exact) mass is 289 g/mol. The summed E-state index contributed by atoms with van der Waals surface area (Å²) in [4.78, 5) is 6.58. The first kappa shape index (κ1) is 15.4. The third-order valence-corrected chi connectivity index (χ3v) is 3.23. The van der Waals surface area contributed by atoms with E-state index >= 15 is 0 Å². The molecule has 0 amide bonds. The van der Waals surface area contributed by atoms with E-state index in [0.717, 1.165) is 38.2 Å². The summed E-state index contributed by atoms with van der Waals surface area (Å²) in [6.45, 7) is 6.06. The first-order valence-electron chi connectivity index (χ1n) is 6.41. The smallest absolute Gasteiger partial charge is 0.149 e. The maximum atomic E-state index is 6.19. The van der Waals surface area contributed by atoms with E-state index < -0.39 is 0 Å². The van der Waals surface area contributed by atoms with Gasteiger partial charge in [0.25, 0.3) is 0 Å². The lowest BCUT2D eigenvalue weighted by molar-refractivity contribution is 0.759. The van der Waals surface area contributed by atoms with Crippen molar-refractivity contribution in [3.05, 3.63) is 16.1 Å². The van der Waals surface area contributed by atoms with Gasteiger partial charge < -0.3 is 10.2 Å². The molecule has 0 saturated heterocycles. The average molecular weight is 290 g/mol. The number of rotatable bonds is 7. The molecule has 0 atom stereocenters. The molecular weight excluding hydrogens is 269 g/mol. The predicted octanol–water partition coefficient (Wildman–Crippen LogP) is 4.45. The van der Waals surface area contributed by atoms with Crippen molar-refractivity contribution >= 4 is 34.8 Å². The highest BCUT2D eigenvalue weighted by Crippen LogP contribution is 2.31. The van der Waals surface area contributed by atoms with E-state index in [2.05, 4.69) is 29.0 Å². The zero-order valence-electron chi connectivity index (χ0n) is 11.3. The van der Waals surface area contributed by atoms with Gasteiger partial charge in [-0.2, -0.15) is 0 Å². The fraction of sp³-hybridized carbons (Fsp3) is 0.615. The summed E-state index contributed by atoms with van der Waals surface area (Å²) in [5.74, 6) is 1.49. The van der Waals surface area contributed by atoms with Crippen molar-refractivity contribution in [3.63, 3.8) is 0 Å². The van der Waals surface area contributed by atoms with Gasteiger partial charge in [-0.3, -0.25) is 0 Å². The van der Waals surface area contributed by atoms with E-state index in [1.807, 2.05) is 7.05 Å². The number of unbranched alkanes of at least 4 members (excludes halogenated alkanes) is 1. The second-order valence-electron chi connectivity index (χ2n) is 4.33. The molecule has 0 saturated carbocycles. The second kappa shape index (κ2) is 7.70. The zero-order valence-corrected chi connectivity index (χ0v) is 12.8. The summed E-state index contributed by atoms with van der Waals surface area (Å²) in [6, 6.07) is 1.76. The first-order valence-corrected chi connectivity index (χ1v) is 7.16. The van der Waals surface area contributed by atoms with E-state index in [4.69, 9.17) is 23.2 Å². The van der Waals surface area contributed by atoms with E-state index in [-0.39, 0.29) is 0 Å². The minimum Gasteiger partial charge on any atom is -0.369 e. The van der Waals surface area contributed by atoms with Gasteiger partial charge >= 0.3 is 0 Å². The van der Waals surface area contributed by atoms with Crippen molar-refractivity contribution in [2.75, 3.05) is 30.4 Å². The highest BCUT2D eigenvalue weighted by atomic mass is 35.5. The van der Waals surface area contributed by atoms with Gasteiger partial charge in [-0.25, -0.2) is 4.98 Å². The van der Waals surface area contributed by atoms with Crippen LogP contribution in [0.2, 0.25) is 10.0 Å². The summed E-state index contributed by atoms with van der Waals surface area (Å²) >= 11 is 12.3. The largest absolute Gasteiger partial charge is 0.369 e. The van der Waals surface area contributed by atoms with E-state index in [0.29, 0.717) is 15.9 Å². The van der Waals surface area contributed by atoms with Crippen LogP contribution in [0.15, 0.2) is 6.07 Å². The molecule has 0 spiro atoms. The Labute approximate surface area is 119 Å². The molecule has 1 aromatic rings. The van der Waals surface area contributed by atoms with Crippen molar-refractivity contribution in [2.24, 2.45) is 0 Å². The molecular formula is C13H21Cl2N3. The van der Waals surface area contributed by atoms with Crippen molar-refractivity contribution in [2.45, 2.75) is 33.1 Å². The van der Waals surface area contributed by atoms with Crippen LogP contribution < -0.4 is 10.2 Å². The second-order valence-corrected chi connectivity index (χ2v) is 5.14. The Morgan fingerprint density at radius 3 is 2.56 bits per heavy atom. The van der Waals surface area contributed by atoms with Crippen LogP contribution in [0.5, 0.6) is 0 Å². The van der Waals surface area contributed by atoms with Crippen LogP contribution in [0.4, 0.5) is 11.6 Å². The highest BCUT2D eigenvalue weighted by Gasteiger charge is 2.12. The summed E-state index contributed by atoms with van der Waals surface area (Å²) in [7, 11) is 2.00. The SMILES string of the molecule is CCCCN(C)c1nc(NCCC)c(Cl)cc1Cl. The lowest BCUT2D eigenvalue weighted by Crippen LogP contribution is -2.20. The molecule has 0 unspecified atom stereocenters. The number of anilines is 2. The summed E-state index contributed by atoms with van der Waals surface area (Å²) in [5.41, 5.74) is 0. The Morgan fingerprint density at radius 1 is 1.22 bits per heavy atom. The van der Waals surface area contributed by atoms with Gasteiger partial charge in [0, 0.05) is 20.1 Å². The molecule has 1 aromatic heterocycles. The summed E-state index contributed by atoms with van der Waals surface area (Å²) in [5, 5.41) is 4.38. The normalized spacial score (nSPS) is 10.5. The number of pyridine rings is 1. The molecule has 0 bridgehead atoms.